The minimum atomic E-state index is -3.97. The first-order chi connectivity index (χ1) is 7.06. The van der Waals surface area contributed by atoms with E-state index >= 15 is 0 Å². The summed E-state index contributed by atoms with van der Waals surface area (Å²) in [5.74, 6) is -0.0752. The van der Waals surface area contributed by atoms with Crippen molar-refractivity contribution in [2.45, 2.75) is 64.0 Å². The van der Waals surface area contributed by atoms with E-state index in [4.69, 9.17) is 0 Å². The Morgan fingerprint density at radius 3 is 1.80 bits per heavy atom. The van der Waals surface area contributed by atoms with E-state index in [-0.39, 0.29) is 5.92 Å². The van der Waals surface area contributed by atoms with Gasteiger partial charge in [-0.15, -0.1) is 0 Å². The normalized spacial score (nSPS) is 28.2. The first kappa shape index (κ1) is 11.3. The molecule has 3 heteroatoms. The number of alkyl halides is 3. The first-order valence-electron chi connectivity index (χ1n) is 6.13. The molecule has 2 rings (SSSR count). The van der Waals surface area contributed by atoms with Gasteiger partial charge in [-0.25, -0.2) is 0 Å². The van der Waals surface area contributed by atoms with Gasteiger partial charge in [0.2, 0.25) is 0 Å². The minimum Gasteiger partial charge on any atom is -0.170 e. The lowest BCUT2D eigenvalue weighted by molar-refractivity contribution is -0.244. The van der Waals surface area contributed by atoms with Gasteiger partial charge in [-0.1, -0.05) is 32.1 Å². The number of rotatable bonds is 1. The second kappa shape index (κ2) is 3.99. The fraction of sp³-hybridized carbons (Fsp3) is 1.00. The molecule has 0 nitrogen and oxygen atoms in total. The van der Waals surface area contributed by atoms with E-state index in [9.17, 15) is 13.2 Å². The predicted molar refractivity (Wildman–Crippen MR) is 53.5 cm³/mol. The molecule has 0 aromatic carbocycles. The molecule has 0 saturated heterocycles. The summed E-state index contributed by atoms with van der Waals surface area (Å²) < 4.78 is 39.6. The number of hydrogen-bond donors (Lipinski definition) is 0. The fourth-order valence-corrected chi connectivity index (χ4v) is 3.58. The zero-order valence-corrected chi connectivity index (χ0v) is 9.08. The van der Waals surface area contributed by atoms with Crippen molar-refractivity contribution in [2.75, 3.05) is 0 Å². The summed E-state index contributed by atoms with van der Waals surface area (Å²) in [4.78, 5) is 0. The van der Waals surface area contributed by atoms with Crippen LogP contribution in [0.2, 0.25) is 0 Å². The summed E-state index contributed by atoms with van der Waals surface area (Å²) in [6.07, 6.45) is 3.11. The van der Waals surface area contributed by atoms with Crippen LogP contribution in [-0.4, -0.2) is 6.18 Å². The number of halogens is 3. The van der Waals surface area contributed by atoms with E-state index in [1.165, 1.54) is 0 Å². The molecule has 2 fully saturated rings. The third-order valence-corrected chi connectivity index (χ3v) is 4.45. The maximum atomic E-state index is 13.2. The molecule has 0 unspecified atom stereocenters. The standard InChI is InChI=1S/C12H19F3/c13-12(14,15)11(8-4-5-9-11)10-6-2-1-3-7-10/h10H,1-9H2. The van der Waals surface area contributed by atoms with Gasteiger partial charge in [0.15, 0.2) is 0 Å². The molecule has 2 saturated carbocycles. The van der Waals surface area contributed by atoms with Crippen molar-refractivity contribution in [2.24, 2.45) is 11.3 Å². The van der Waals surface area contributed by atoms with Crippen LogP contribution in [0.1, 0.15) is 57.8 Å². The molecule has 0 amide bonds. The van der Waals surface area contributed by atoms with Crippen LogP contribution < -0.4 is 0 Å². The van der Waals surface area contributed by atoms with Crippen LogP contribution in [0.3, 0.4) is 0 Å². The van der Waals surface area contributed by atoms with E-state index in [2.05, 4.69) is 0 Å². The molecule has 0 heterocycles. The Balaban J connectivity index is 2.17. The first-order valence-corrected chi connectivity index (χ1v) is 6.13. The largest absolute Gasteiger partial charge is 0.394 e. The highest BCUT2D eigenvalue weighted by Gasteiger charge is 2.59. The van der Waals surface area contributed by atoms with E-state index < -0.39 is 11.6 Å². The third-order valence-electron chi connectivity index (χ3n) is 4.45. The lowest BCUT2D eigenvalue weighted by atomic mass is 9.67. The van der Waals surface area contributed by atoms with Crippen LogP contribution in [0.25, 0.3) is 0 Å². The molecule has 0 N–H and O–H groups in total. The summed E-state index contributed by atoms with van der Waals surface area (Å²) in [6.45, 7) is 0. The van der Waals surface area contributed by atoms with Crippen molar-refractivity contribution in [1.29, 1.82) is 0 Å². The Hall–Kier alpha value is -0.210. The topological polar surface area (TPSA) is 0 Å². The van der Waals surface area contributed by atoms with Crippen molar-refractivity contribution in [3.63, 3.8) is 0 Å². The Labute approximate surface area is 89.2 Å². The summed E-state index contributed by atoms with van der Waals surface area (Å²) in [7, 11) is 0. The van der Waals surface area contributed by atoms with Crippen molar-refractivity contribution < 1.29 is 13.2 Å². The quantitative estimate of drug-likeness (QED) is 0.601. The highest BCUT2D eigenvalue weighted by molar-refractivity contribution is 4.96. The second-order valence-corrected chi connectivity index (χ2v) is 5.20. The van der Waals surface area contributed by atoms with Crippen LogP contribution in [-0.2, 0) is 0 Å². The van der Waals surface area contributed by atoms with Gasteiger partial charge in [0.05, 0.1) is 5.41 Å². The Morgan fingerprint density at radius 1 is 0.800 bits per heavy atom. The van der Waals surface area contributed by atoms with E-state index in [0.29, 0.717) is 12.8 Å². The monoisotopic (exact) mass is 220 g/mol. The van der Waals surface area contributed by atoms with Crippen LogP contribution >= 0.6 is 0 Å². The molecule has 0 aliphatic heterocycles. The maximum absolute atomic E-state index is 13.2. The van der Waals surface area contributed by atoms with E-state index in [0.717, 1.165) is 44.9 Å². The van der Waals surface area contributed by atoms with Gasteiger partial charge in [-0.3, -0.25) is 0 Å². The van der Waals surface area contributed by atoms with Gasteiger partial charge < -0.3 is 0 Å². The predicted octanol–water partition coefficient (Wildman–Crippen LogP) is 4.69. The van der Waals surface area contributed by atoms with Crippen molar-refractivity contribution in [3.8, 4) is 0 Å². The number of hydrogen-bond acceptors (Lipinski definition) is 0. The molecule has 0 aromatic rings. The van der Waals surface area contributed by atoms with Crippen molar-refractivity contribution in [1.82, 2.24) is 0 Å². The Bertz CT molecular complexity index is 207. The van der Waals surface area contributed by atoms with Crippen LogP contribution in [0.15, 0.2) is 0 Å². The lowest BCUT2D eigenvalue weighted by Crippen LogP contribution is -2.43. The smallest absolute Gasteiger partial charge is 0.170 e. The second-order valence-electron chi connectivity index (χ2n) is 5.20. The average Bonchev–Trinajstić information content (AvgIpc) is 2.68. The molecule has 88 valence electrons. The molecular formula is C12H19F3. The molecule has 2 aliphatic rings. The molecule has 2 aliphatic carbocycles. The third kappa shape index (κ3) is 1.90. The van der Waals surface area contributed by atoms with Gasteiger partial charge >= 0.3 is 6.18 Å². The summed E-state index contributed by atoms with van der Waals surface area (Å²) in [5, 5.41) is 0. The Morgan fingerprint density at radius 2 is 1.33 bits per heavy atom. The Kier molecular flexibility index (Phi) is 3.00. The molecule has 0 aromatic heterocycles. The highest BCUT2D eigenvalue weighted by atomic mass is 19.4. The molecule has 15 heavy (non-hydrogen) atoms. The highest BCUT2D eigenvalue weighted by Crippen LogP contribution is 2.58. The summed E-state index contributed by atoms with van der Waals surface area (Å²) >= 11 is 0. The minimum absolute atomic E-state index is 0.0752. The lowest BCUT2D eigenvalue weighted by Gasteiger charge is -2.41. The van der Waals surface area contributed by atoms with E-state index in [1.807, 2.05) is 0 Å². The average molecular weight is 220 g/mol. The van der Waals surface area contributed by atoms with Gasteiger partial charge in [-0.2, -0.15) is 13.2 Å². The van der Waals surface area contributed by atoms with E-state index in [1.54, 1.807) is 0 Å². The van der Waals surface area contributed by atoms with Gasteiger partial charge in [0.1, 0.15) is 0 Å². The van der Waals surface area contributed by atoms with Gasteiger partial charge in [0.25, 0.3) is 0 Å². The molecular weight excluding hydrogens is 201 g/mol. The van der Waals surface area contributed by atoms with Crippen molar-refractivity contribution in [3.05, 3.63) is 0 Å². The fourth-order valence-electron chi connectivity index (χ4n) is 3.58. The molecule has 0 spiro atoms. The molecule has 0 atom stereocenters. The van der Waals surface area contributed by atoms with Crippen LogP contribution in [0, 0.1) is 11.3 Å². The van der Waals surface area contributed by atoms with Crippen LogP contribution in [0.5, 0.6) is 0 Å². The molecule has 0 bridgehead atoms. The summed E-state index contributed by atoms with van der Waals surface area (Å²) in [6, 6.07) is 0. The maximum Gasteiger partial charge on any atom is 0.394 e. The zero-order valence-electron chi connectivity index (χ0n) is 9.08. The van der Waals surface area contributed by atoms with Crippen LogP contribution in [0.4, 0.5) is 13.2 Å². The zero-order chi connectivity index (χ0) is 10.9. The SMILES string of the molecule is FC(F)(F)C1(C2CCCCC2)CCCC1. The van der Waals surface area contributed by atoms with Gasteiger partial charge in [0, 0.05) is 0 Å². The van der Waals surface area contributed by atoms with Crippen molar-refractivity contribution >= 4 is 0 Å². The van der Waals surface area contributed by atoms with Gasteiger partial charge in [-0.05, 0) is 31.6 Å². The summed E-state index contributed by atoms with van der Waals surface area (Å²) in [5.41, 5.74) is -1.30. The molecule has 0 radical (unpaired) electrons.